The summed E-state index contributed by atoms with van der Waals surface area (Å²) in [5.74, 6) is 1.75. The lowest BCUT2D eigenvalue weighted by Gasteiger charge is -2.13. The molecule has 2 N–H and O–H groups in total. The molecule has 0 unspecified atom stereocenters. The average molecular weight is 473 g/mol. The fraction of sp³-hybridized carbons (Fsp3) is 0.174. The van der Waals surface area contributed by atoms with E-state index in [1.54, 1.807) is 24.3 Å². The van der Waals surface area contributed by atoms with Crippen LogP contribution in [0.15, 0.2) is 77.7 Å². The van der Waals surface area contributed by atoms with Gasteiger partial charge in [0.25, 0.3) is 10.0 Å². The van der Waals surface area contributed by atoms with Crippen molar-refractivity contribution >= 4 is 39.1 Å². The first-order valence-electron chi connectivity index (χ1n) is 9.67. The van der Waals surface area contributed by atoms with Gasteiger partial charge in [-0.15, -0.1) is 11.8 Å². The molecular formula is C23H24N2O5S2. The van der Waals surface area contributed by atoms with Crippen LogP contribution in [0.1, 0.15) is 5.56 Å². The van der Waals surface area contributed by atoms with Crippen LogP contribution < -0.4 is 19.5 Å². The van der Waals surface area contributed by atoms with Gasteiger partial charge in [-0.25, -0.2) is 8.42 Å². The van der Waals surface area contributed by atoms with Gasteiger partial charge in [-0.2, -0.15) is 0 Å². The first kappa shape index (κ1) is 23.5. The van der Waals surface area contributed by atoms with Gasteiger partial charge in [-0.05, 0) is 42.0 Å². The third-order valence-electron chi connectivity index (χ3n) is 4.44. The van der Waals surface area contributed by atoms with Crippen molar-refractivity contribution in [2.24, 2.45) is 0 Å². The summed E-state index contributed by atoms with van der Waals surface area (Å²) >= 11 is 1.51. The van der Waals surface area contributed by atoms with Gasteiger partial charge >= 0.3 is 0 Å². The number of sulfonamides is 1. The van der Waals surface area contributed by atoms with Crippen molar-refractivity contribution in [3.8, 4) is 11.5 Å². The Morgan fingerprint density at radius 1 is 0.938 bits per heavy atom. The molecule has 3 rings (SSSR count). The molecule has 9 heteroatoms. The van der Waals surface area contributed by atoms with Crippen LogP contribution in [-0.2, 0) is 20.6 Å². The Bertz CT molecular complexity index is 1150. The van der Waals surface area contributed by atoms with E-state index in [1.165, 1.54) is 44.2 Å². The summed E-state index contributed by atoms with van der Waals surface area (Å²) in [5.41, 5.74) is 1.94. The van der Waals surface area contributed by atoms with E-state index in [1.807, 2.05) is 30.3 Å². The summed E-state index contributed by atoms with van der Waals surface area (Å²) < 4.78 is 38.4. The number of carbonyl (C=O) groups excluding carboxylic acids is 1. The van der Waals surface area contributed by atoms with Gasteiger partial charge in [0.15, 0.2) is 0 Å². The maximum absolute atomic E-state index is 12.8. The molecule has 0 aliphatic rings. The molecule has 0 saturated carbocycles. The normalized spacial score (nSPS) is 10.9. The Kier molecular flexibility index (Phi) is 8.02. The van der Waals surface area contributed by atoms with Crippen molar-refractivity contribution in [3.63, 3.8) is 0 Å². The van der Waals surface area contributed by atoms with Crippen molar-refractivity contribution in [2.75, 3.05) is 30.0 Å². The first-order valence-corrected chi connectivity index (χ1v) is 12.3. The van der Waals surface area contributed by atoms with Gasteiger partial charge in [0, 0.05) is 17.5 Å². The predicted octanol–water partition coefficient (Wildman–Crippen LogP) is 4.38. The van der Waals surface area contributed by atoms with Crippen LogP contribution in [0.25, 0.3) is 0 Å². The lowest BCUT2D eigenvalue weighted by Crippen LogP contribution is -2.15. The number of benzene rings is 3. The van der Waals surface area contributed by atoms with Crippen LogP contribution in [0.5, 0.6) is 11.5 Å². The van der Waals surface area contributed by atoms with Gasteiger partial charge in [0.05, 0.1) is 30.6 Å². The SMILES string of the molecule is COc1ccc(OC)c(NS(=O)(=O)c2ccc(NC(=O)CSCc3ccccc3)cc2)c1. The summed E-state index contributed by atoms with van der Waals surface area (Å²) in [7, 11) is -0.916. The van der Waals surface area contributed by atoms with Crippen molar-refractivity contribution in [1.82, 2.24) is 0 Å². The number of rotatable bonds is 10. The number of nitrogens with one attached hydrogen (secondary N) is 2. The zero-order chi connectivity index (χ0) is 23.0. The number of ether oxygens (including phenoxy) is 2. The highest BCUT2D eigenvalue weighted by Gasteiger charge is 2.17. The van der Waals surface area contributed by atoms with Crippen LogP contribution in [0.4, 0.5) is 11.4 Å². The summed E-state index contributed by atoms with van der Waals surface area (Å²) in [6, 6.07) is 20.7. The molecule has 1 amide bonds. The van der Waals surface area contributed by atoms with E-state index in [-0.39, 0.29) is 16.5 Å². The topological polar surface area (TPSA) is 93.7 Å². The molecule has 0 aromatic heterocycles. The molecule has 168 valence electrons. The summed E-state index contributed by atoms with van der Waals surface area (Å²) in [6.07, 6.45) is 0. The van der Waals surface area contributed by atoms with Gasteiger partial charge in [-0.3, -0.25) is 9.52 Å². The molecule has 0 heterocycles. The standard InChI is InChI=1S/C23H24N2O5S2/c1-29-19-10-13-22(30-2)21(14-19)25-32(27,28)20-11-8-18(9-12-20)24-23(26)16-31-15-17-6-4-3-5-7-17/h3-14,25H,15-16H2,1-2H3,(H,24,26). The average Bonchev–Trinajstić information content (AvgIpc) is 2.80. The second-order valence-corrected chi connectivity index (χ2v) is 9.39. The quantitative estimate of drug-likeness (QED) is 0.455. The van der Waals surface area contributed by atoms with Gasteiger partial charge in [-0.1, -0.05) is 30.3 Å². The smallest absolute Gasteiger partial charge is 0.262 e. The number of thioether (sulfide) groups is 1. The molecule has 0 atom stereocenters. The highest BCUT2D eigenvalue weighted by atomic mass is 32.2. The number of carbonyl (C=O) groups is 1. The monoisotopic (exact) mass is 472 g/mol. The van der Waals surface area contributed by atoms with E-state index in [4.69, 9.17) is 9.47 Å². The van der Waals surface area contributed by atoms with Crippen molar-refractivity contribution < 1.29 is 22.7 Å². The minimum absolute atomic E-state index is 0.0545. The minimum atomic E-state index is -3.86. The second kappa shape index (κ2) is 10.9. The number of methoxy groups -OCH3 is 2. The first-order chi connectivity index (χ1) is 15.4. The van der Waals surface area contributed by atoms with Crippen molar-refractivity contribution in [1.29, 1.82) is 0 Å². The maximum atomic E-state index is 12.8. The Morgan fingerprint density at radius 2 is 1.66 bits per heavy atom. The minimum Gasteiger partial charge on any atom is -0.497 e. The number of anilines is 2. The van der Waals surface area contributed by atoms with Crippen LogP contribution in [0.2, 0.25) is 0 Å². The van der Waals surface area contributed by atoms with Crippen molar-refractivity contribution in [2.45, 2.75) is 10.6 Å². The van der Waals surface area contributed by atoms with Gasteiger partial charge in [0.2, 0.25) is 5.91 Å². The Morgan fingerprint density at radius 3 is 2.31 bits per heavy atom. The van der Waals surface area contributed by atoms with E-state index in [0.29, 0.717) is 22.9 Å². The third kappa shape index (κ3) is 6.41. The molecule has 0 saturated heterocycles. The van der Waals surface area contributed by atoms with Crippen molar-refractivity contribution in [3.05, 3.63) is 78.4 Å². The lowest BCUT2D eigenvalue weighted by atomic mass is 10.2. The lowest BCUT2D eigenvalue weighted by molar-refractivity contribution is -0.113. The molecule has 0 spiro atoms. The van der Waals surface area contributed by atoms with E-state index >= 15 is 0 Å². The van der Waals surface area contributed by atoms with E-state index in [9.17, 15) is 13.2 Å². The summed E-state index contributed by atoms with van der Waals surface area (Å²) in [4.78, 5) is 12.2. The molecule has 0 aliphatic carbocycles. The number of hydrogen-bond acceptors (Lipinski definition) is 6. The molecular weight excluding hydrogens is 448 g/mol. The van der Waals surface area contributed by atoms with Crippen LogP contribution >= 0.6 is 11.8 Å². The molecule has 7 nitrogen and oxygen atoms in total. The molecule has 32 heavy (non-hydrogen) atoms. The molecule has 0 fully saturated rings. The maximum Gasteiger partial charge on any atom is 0.262 e. The van der Waals surface area contributed by atoms with E-state index in [0.717, 1.165) is 11.3 Å². The molecule has 3 aromatic carbocycles. The van der Waals surface area contributed by atoms with Crippen LogP contribution in [0.3, 0.4) is 0 Å². The Labute approximate surface area is 192 Å². The predicted molar refractivity (Wildman–Crippen MR) is 128 cm³/mol. The Hall–Kier alpha value is -3.17. The fourth-order valence-corrected chi connectivity index (χ4v) is 4.70. The van der Waals surface area contributed by atoms with Crippen LogP contribution in [-0.4, -0.2) is 34.3 Å². The van der Waals surface area contributed by atoms with Gasteiger partial charge < -0.3 is 14.8 Å². The molecule has 3 aromatic rings. The zero-order valence-electron chi connectivity index (χ0n) is 17.7. The largest absolute Gasteiger partial charge is 0.497 e. The second-order valence-electron chi connectivity index (χ2n) is 6.72. The Balaban J connectivity index is 1.60. The number of amides is 1. The summed E-state index contributed by atoms with van der Waals surface area (Å²) in [6.45, 7) is 0. The summed E-state index contributed by atoms with van der Waals surface area (Å²) in [5, 5.41) is 2.78. The van der Waals surface area contributed by atoms with Gasteiger partial charge in [0.1, 0.15) is 11.5 Å². The highest BCUT2D eigenvalue weighted by molar-refractivity contribution is 7.99. The molecule has 0 bridgehead atoms. The van der Waals surface area contributed by atoms with E-state index in [2.05, 4.69) is 10.0 Å². The zero-order valence-corrected chi connectivity index (χ0v) is 19.3. The molecule has 0 aliphatic heterocycles. The third-order valence-corrected chi connectivity index (χ3v) is 6.83. The van der Waals surface area contributed by atoms with Crippen LogP contribution in [0, 0.1) is 0 Å². The molecule has 0 radical (unpaired) electrons. The number of hydrogen-bond donors (Lipinski definition) is 2. The van der Waals surface area contributed by atoms with E-state index < -0.39 is 10.0 Å². The fourth-order valence-electron chi connectivity index (χ4n) is 2.85. The highest BCUT2D eigenvalue weighted by Crippen LogP contribution is 2.31.